The number of nitrogen functional groups attached to an aromatic ring is 1. The molecule has 36 heavy (non-hydrogen) atoms. The van der Waals surface area contributed by atoms with Crippen molar-refractivity contribution in [2.75, 3.05) is 30.8 Å². The third kappa shape index (κ3) is 5.10. The second-order valence-electron chi connectivity index (χ2n) is 9.19. The normalized spacial score (nSPS) is 15.0. The first kappa shape index (κ1) is 23.6. The molecule has 0 spiro atoms. The molecule has 4 aromatic rings. The Bertz CT molecular complexity index is 1370. The molecule has 9 nitrogen and oxygen atoms in total. The number of carbonyl (C=O) groups is 1. The first-order chi connectivity index (χ1) is 17.5. The number of nitrogens with zero attached hydrogens (tertiary/aromatic N) is 5. The number of carboxylic acids is 1. The number of hydrogen-bond donors (Lipinski definition) is 2. The fourth-order valence-electron chi connectivity index (χ4n) is 4.55. The molecule has 0 radical (unpaired) electrons. The van der Waals surface area contributed by atoms with Gasteiger partial charge in [-0.25, -0.2) is 14.8 Å². The van der Waals surface area contributed by atoms with E-state index in [-0.39, 0.29) is 0 Å². The zero-order valence-corrected chi connectivity index (χ0v) is 20.3. The Hall–Kier alpha value is -4.14. The number of rotatable bonds is 6. The molecule has 0 amide bonds. The van der Waals surface area contributed by atoms with Gasteiger partial charge >= 0.3 is 5.97 Å². The molecule has 6 rings (SSSR count). The van der Waals surface area contributed by atoms with E-state index in [2.05, 4.69) is 20.0 Å². The van der Waals surface area contributed by atoms with Crippen molar-refractivity contribution in [1.82, 2.24) is 19.7 Å². The van der Waals surface area contributed by atoms with Gasteiger partial charge in [0.2, 0.25) is 0 Å². The van der Waals surface area contributed by atoms with Crippen LogP contribution in [0.3, 0.4) is 0 Å². The van der Waals surface area contributed by atoms with Crippen LogP contribution in [0.4, 0.5) is 11.6 Å². The summed E-state index contributed by atoms with van der Waals surface area (Å²) in [4.78, 5) is 22.2. The van der Waals surface area contributed by atoms with E-state index >= 15 is 0 Å². The lowest BCUT2D eigenvalue weighted by Crippen LogP contribution is -2.20. The van der Waals surface area contributed by atoms with Gasteiger partial charge in [0.05, 0.1) is 19.3 Å². The zero-order valence-electron chi connectivity index (χ0n) is 20.3. The maximum Gasteiger partial charge on any atom is 0.339 e. The number of hydrogen-bond acceptors (Lipinski definition) is 7. The zero-order chi connectivity index (χ0) is 25.1. The average Bonchev–Trinajstić information content (AvgIpc) is 3.41. The Morgan fingerprint density at radius 3 is 2.64 bits per heavy atom. The number of carboxylic acid groups (broad SMARTS) is 1. The number of methoxy groups -OCH3 is 1. The van der Waals surface area contributed by atoms with Gasteiger partial charge in [0.15, 0.2) is 11.6 Å². The average molecular weight is 487 g/mol. The van der Waals surface area contributed by atoms with Gasteiger partial charge in [0.25, 0.3) is 0 Å². The van der Waals surface area contributed by atoms with Gasteiger partial charge in [0, 0.05) is 43.0 Å². The minimum absolute atomic E-state index is 0.303. The highest BCUT2D eigenvalue weighted by atomic mass is 16.5. The molecule has 4 heterocycles. The van der Waals surface area contributed by atoms with Crippen molar-refractivity contribution in [3.8, 4) is 5.75 Å². The van der Waals surface area contributed by atoms with Crippen LogP contribution < -0.4 is 15.4 Å². The van der Waals surface area contributed by atoms with E-state index in [1.807, 2.05) is 42.6 Å². The minimum atomic E-state index is -0.909. The lowest BCUT2D eigenvalue weighted by Gasteiger charge is -2.19. The third-order valence-corrected chi connectivity index (χ3v) is 6.55. The summed E-state index contributed by atoms with van der Waals surface area (Å²) in [6.07, 6.45) is 9.58. The molecular weight excluding hydrogens is 456 g/mol. The molecule has 9 heteroatoms. The van der Waals surface area contributed by atoms with E-state index in [9.17, 15) is 9.90 Å². The lowest BCUT2D eigenvalue weighted by atomic mass is 10.2. The highest BCUT2D eigenvalue weighted by molar-refractivity contribution is 5.90. The van der Waals surface area contributed by atoms with Crippen LogP contribution in [0.15, 0.2) is 55.0 Å². The second kappa shape index (κ2) is 10.2. The summed E-state index contributed by atoms with van der Waals surface area (Å²) in [6.45, 7) is 2.50. The van der Waals surface area contributed by atoms with E-state index in [1.165, 1.54) is 12.8 Å². The van der Waals surface area contributed by atoms with Gasteiger partial charge in [-0.15, -0.1) is 0 Å². The monoisotopic (exact) mass is 486 g/mol. The number of fused-ring (bicyclic) bond motifs is 1. The van der Waals surface area contributed by atoms with Gasteiger partial charge in [-0.05, 0) is 48.8 Å². The number of aromatic nitrogens is 4. The highest BCUT2D eigenvalue weighted by Crippen LogP contribution is 2.40. The highest BCUT2D eigenvalue weighted by Gasteiger charge is 2.31. The standard InChI is InChI=1S/C18H22N4O3.C9H8N2/c1-25-15-8-12(9-19-17(15)21-6-2-3-7-21)10-22-11-14(18(23)24)16(20-22)13-4-5-13;10-9-8-4-2-1-3-7(8)5-6-11-9/h8-9,11,13H,2-7,10H2,1H3,(H,23,24);1-6H,(H2,10,11). The van der Waals surface area contributed by atoms with Crippen LogP contribution in [0.5, 0.6) is 5.75 Å². The Morgan fingerprint density at radius 2 is 1.94 bits per heavy atom. The first-order valence-electron chi connectivity index (χ1n) is 12.2. The van der Waals surface area contributed by atoms with Gasteiger partial charge in [-0.1, -0.05) is 24.3 Å². The smallest absolute Gasteiger partial charge is 0.339 e. The first-order valence-corrected chi connectivity index (χ1v) is 12.2. The molecule has 1 saturated heterocycles. The molecule has 0 unspecified atom stereocenters. The molecule has 2 fully saturated rings. The third-order valence-electron chi connectivity index (χ3n) is 6.55. The Kier molecular flexibility index (Phi) is 6.71. The van der Waals surface area contributed by atoms with Crippen LogP contribution in [0.2, 0.25) is 0 Å². The van der Waals surface area contributed by atoms with Crippen LogP contribution >= 0.6 is 0 Å². The summed E-state index contributed by atoms with van der Waals surface area (Å²) in [5.74, 6) is 1.63. The predicted molar refractivity (Wildman–Crippen MR) is 139 cm³/mol. The summed E-state index contributed by atoms with van der Waals surface area (Å²) >= 11 is 0. The summed E-state index contributed by atoms with van der Waals surface area (Å²) in [5.41, 5.74) is 7.62. The molecule has 186 valence electrons. The fourth-order valence-corrected chi connectivity index (χ4v) is 4.55. The van der Waals surface area contributed by atoms with Crippen LogP contribution in [-0.2, 0) is 6.54 Å². The van der Waals surface area contributed by atoms with E-state index < -0.39 is 5.97 Å². The molecule has 1 aromatic carbocycles. The van der Waals surface area contributed by atoms with E-state index in [1.54, 1.807) is 24.2 Å². The molecule has 0 atom stereocenters. The summed E-state index contributed by atoms with van der Waals surface area (Å²) in [5, 5.41) is 16.0. The largest absolute Gasteiger partial charge is 0.493 e. The SMILES string of the molecule is COc1cc(Cn2cc(C(=O)O)c(C3CC3)n2)cnc1N1CCCC1.Nc1nccc2ccccc12. The van der Waals surface area contributed by atoms with Crippen molar-refractivity contribution < 1.29 is 14.6 Å². The lowest BCUT2D eigenvalue weighted by molar-refractivity contribution is 0.0695. The molecule has 1 aliphatic heterocycles. The van der Waals surface area contributed by atoms with Crippen LogP contribution in [-0.4, -0.2) is 51.0 Å². The van der Waals surface area contributed by atoms with Gasteiger partial charge in [-0.3, -0.25) is 4.68 Å². The number of pyridine rings is 2. The maximum atomic E-state index is 11.4. The van der Waals surface area contributed by atoms with E-state index in [0.717, 1.165) is 53.8 Å². The van der Waals surface area contributed by atoms with Crippen molar-refractivity contribution in [1.29, 1.82) is 0 Å². The minimum Gasteiger partial charge on any atom is -0.493 e. The van der Waals surface area contributed by atoms with Crippen LogP contribution in [0.25, 0.3) is 10.8 Å². The van der Waals surface area contributed by atoms with Gasteiger partial charge in [0.1, 0.15) is 11.4 Å². The number of aromatic carboxylic acids is 1. The fraction of sp³-hybridized carbons (Fsp3) is 0.333. The topological polar surface area (TPSA) is 119 Å². The van der Waals surface area contributed by atoms with Gasteiger partial charge < -0.3 is 20.5 Å². The van der Waals surface area contributed by atoms with Crippen LogP contribution in [0.1, 0.15) is 53.2 Å². The quantitative estimate of drug-likeness (QED) is 0.413. The Morgan fingerprint density at radius 1 is 1.17 bits per heavy atom. The second-order valence-corrected chi connectivity index (χ2v) is 9.19. The number of benzene rings is 1. The number of nitrogens with two attached hydrogens (primary N) is 1. The van der Waals surface area contributed by atoms with Gasteiger partial charge in [-0.2, -0.15) is 5.10 Å². The number of anilines is 2. The van der Waals surface area contributed by atoms with Crippen LogP contribution in [0, 0.1) is 0 Å². The molecule has 2 aliphatic rings. The molecule has 0 bridgehead atoms. The molecule has 1 saturated carbocycles. The molecular formula is C27H30N6O3. The summed E-state index contributed by atoms with van der Waals surface area (Å²) < 4.78 is 7.22. The van der Waals surface area contributed by atoms with Crippen molar-refractivity contribution in [2.24, 2.45) is 0 Å². The van der Waals surface area contributed by atoms with Crippen molar-refractivity contribution in [3.63, 3.8) is 0 Å². The van der Waals surface area contributed by atoms with E-state index in [4.69, 9.17) is 10.5 Å². The maximum absolute atomic E-state index is 11.4. The predicted octanol–water partition coefficient (Wildman–Crippen LogP) is 4.33. The van der Waals surface area contributed by atoms with Crippen molar-refractivity contribution in [3.05, 3.63) is 71.8 Å². The van der Waals surface area contributed by atoms with E-state index in [0.29, 0.717) is 29.5 Å². The molecule has 3 aromatic heterocycles. The Balaban J connectivity index is 0.000000202. The molecule has 1 aliphatic carbocycles. The molecule has 3 N–H and O–H groups in total. The van der Waals surface area contributed by atoms with Crippen molar-refractivity contribution >= 4 is 28.4 Å². The van der Waals surface area contributed by atoms with Crippen molar-refractivity contribution in [2.45, 2.75) is 38.1 Å². The number of ether oxygens (including phenoxy) is 1. The Labute approximate surface area is 209 Å². The summed E-state index contributed by atoms with van der Waals surface area (Å²) in [6, 6.07) is 11.9. The summed E-state index contributed by atoms with van der Waals surface area (Å²) in [7, 11) is 1.65.